The summed E-state index contributed by atoms with van der Waals surface area (Å²) in [5.74, 6) is 0.0156. The van der Waals surface area contributed by atoms with E-state index in [-0.39, 0.29) is 17.4 Å². The van der Waals surface area contributed by atoms with E-state index < -0.39 is 5.69 Å². The number of hydrogen-bond acceptors (Lipinski definition) is 5. The molecule has 3 aromatic heterocycles. The van der Waals surface area contributed by atoms with Gasteiger partial charge in [0.1, 0.15) is 5.65 Å². The fourth-order valence-electron chi connectivity index (χ4n) is 3.55. The molecule has 0 aliphatic carbocycles. The van der Waals surface area contributed by atoms with Crippen molar-refractivity contribution in [2.75, 3.05) is 13.1 Å². The van der Waals surface area contributed by atoms with Gasteiger partial charge in [-0.3, -0.25) is 23.7 Å². The summed E-state index contributed by atoms with van der Waals surface area (Å²) in [5, 5.41) is 0.407. The highest BCUT2D eigenvalue weighted by molar-refractivity contribution is 5.94. The Morgan fingerprint density at radius 3 is 2.70 bits per heavy atom. The molecule has 8 nitrogen and oxygen atoms in total. The molecule has 4 rings (SSSR count). The Balaban J connectivity index is 1.65. The van der Waals surface area contributed by atoms with Gasteiger partial charge >= 0.3 is 5.69 Å². The first-order chi connectivity index (χ1) is 13.0. The number of pyridine rings is 2. The van der Waals surface area contributed by atoms with Gasteiger partial charge in [-0.15, -0.1) is 0 Å². The van der Waals surface area contributed by atoms with Crippen LogP contribution in [0.15, 0.2) is 46.2 Å². The van der Waals surface area contributed by atoms with E-state index in [0.717, 1.165) is 16.7 Å². The van der Waals surface area contributed by atoms with Gasteiger partial charge < -0.3 is 4.90 Å². The van der Waals surface area contributed by atoms with Crippen molar-refractivity contribution >= 4 is 16.9 Å². The average Bonchev–Trinajstić information content (AvgIpc) is 3.20. The largest absolute Gasteiger partial charge is 0.338 e. The van der Waals surface area contributed by atoms with Crippen molar-refractivity contribution in [1.82, 2.24) is 24.0 Å². The van der Waals surface area contributed by atoms with Crippen LogP contribution in [0.25, 0.3) is 11.0 Å². The van der Waals surface area contributed by atoms with Gasteiger partial charge in [-0.2, -0.15) is 0 Å². The van der Waals surface area contributed by atoms with Gasteiger partial charge in [0.15, 0.2) is 0 Å². The molecule has 0 spiro atoms. The van der Waals surface area contributed by atoms with Gasteiger partial charge in [-0.05, 0) is 30.7 Å². The van der Waals surface area contributed by atoms with E-state index in [2.05, 4.69) is 9.97 Å². The highest BCUT2D eigenvalue weighted by Crippen LogP contribution is 2.27. The summed E-state index contributed by atoms with van der Waals surface area (Å²) in [5.41, 5.74) is 0.962. The van der Waals surface area contributed by atoms with E-state index in [0.29, 0.717) is 29.7 Å². The second kappa shape index (κ2) is 6.46. The molecular formula is C19H19N5O3. The maximum Gasteiger partial charge on any atom is 0.332 e. The monoisotopic (exact) mass is 365 g/mol. The quantitative estimate of drug-likeness (QED) is 0.665. The number of carbonyl (C=O) groups excluding carboxylic acids is 1. The topological polar surface area (TPSA) is 90.1 Å². The molecule has 27 heavy (non-hydrogen) atoms. The highest BCUT2D eigenvalue weighted by Gasteiger charge is 2.29. The van der Waals surface area contributed by atoms with E-state index >= 15 is 0 Å². The van der Waals surface area contributed by atoms with E-state index in [1.807, 2.05) is 6.07 Å². The number of nitrogens with zero attached hydrogens (tertiary/aromatic N) is 5. The van der Waals surface area contributed by atoms with Crippen molar-refractivity contribution in [2.45, 2.75) is 12.3 Å². The third-order valence-electron chi connectivity index (χ3n) is 5.13. The molecule has 0 unspecified atom stereocenters. The summed E-state index contributed by atoms with van der Waals surface area (Å²) in [7, 11) is 3.06. The Morgan fingerprint density at radius 1 is 1.15 bits per heavy atom. The minimum absolute atomic E-state index is 0.0485. The van der Waals surface area contributed by atoms with Crippen LogP contribution in [0.4, 0.5) is 0 Å². The van der Waals surface area contributed by atoms with E-state index in [4.69, 9.17) is 0 Å². The molecule has 4 heterocycles. The van der Waals surface area contributed by atoms with E-state index in [9.17, 15) is 14.4 Å². The summed E-state index contributed by atoms with van der Waals surface area (Å²) in [6, 6.07) is 7.02. The highest BCUT2D eigenvalue weighted by atomic mass is 16.2. The van der Waals surface area contributed by atoms with Crippen molar-refractivity contribution in [3.63, 3.8) is 0 Å². The Morgan fingerprint density at radius 2 is 1.96 bits per heavy atom. The first kappa shape index (κ1) is 17.1. The summed E-state index contributed by atoms with van der Waals surface area (Å²) in [6.45, 7) is 1.18. The lowest BCUT2D eigenvalue weighted by Gasteiger charge is -2.16. The molecule has 0 saturated carbocycles. The first-order valence-electron chi connectivity index (χ1n) is 8.73. The van der Waals surface area contributed by atoms with Crippen molar-refractivity contribution in [3.8, 4) is 0 Å². The maximum absolute atomic E-state index is 12.6. The smallest absolute Gasteiger partial charge is 0.332 e. The lowest BCUT2D eigenvalue weighted by Crippen LogP contribution is -2.37. The number of amides is 1. The van der Waals surface area contributed by atoms with Crippen LogP contribution >= 0.6 is 0 Å². The summed E-state index contributed by atoms with van der Waals surface area (Å²) in [4.78, 5) is 47.4. The molecule has 8 heteroatoms. The molecule has 0 aromatic carbocycles. The molecule has 3 aromatic rings. The van der Waals surface area contributed by atoms with Crippen LogP contribution in [0.2, 0.25) is 0 Å². The zero-order valence-electron chi connectivity index (χ0n) is 15.1. The fraction of sp³-hybridized carbons (Fsp3) is 0.316. The molecule has 0 bridgehead atoms. The van der Waals surface area contributed by atoms with Gasteiger partial charge in [0.25, 0.3) is 11.5 Å². The number of carbonyl (C=O) groups is 1. The number of fused-ring (bicyclic) bond motifs is 1. The van der Waals surface area contributed by atoms with Crippen LogP contribution in [0.5, 0.6) is 0 Å². The number of likely N-dealkylation sites (tertiary alicyclic amines) is 1. The molecule has 138 valence electrons. The third-order valence-corrected chi connectivity index (χ3v) is 5.13. The lowest BCUT2D eigenvalue weighted by molar-refractivity contribution is 0.0790. The van der Waals surface area contributed by atoms with Crippen LogP contribution in [-0.2, 0) is 14.1 Å². The Kier molecular flexibility index (Phi) is 4.10. The van der Waals surface area contributed by atoms with E-state index in [1.54, 1.807) is 42.5 Å². The predicted molar refractivity (Wildman–Crippen MR) is 99.7 cm³/mol. The van der Waals surface area contributed by atoms with Gasteiger partial charge in [0, 0.05) is 51.2 Å². The minimum atomic E-state index is -0.406. The summed E-state index contributed by atoms with van der Waals surface area (Å²) >= 11 is 0. The SMILES string of the molecule is Cn1c(=O)c2ccc([C@H]3CCN(C(=O)c4cccnc4)C3)nc2n(C)c1=O. The summed E-state index contributed by atoms with van der Waals surface area (Å²) in [6.07, 6.45) is 3.98. The van der Waals surface area contributed by atoms with Crippen LogP contribution in [-0.4, -0.2) is 43.0 Å². The van der Waals surface area contributed by atoms with Crippen LogP contribution in [0.1, 0.15) is 28.4 Å². The summed E-state index contributed by atoms with van der Waals surface area (Å²) < 4.78 is 2.46. The second-order valence-electron chi connectivity index (χ2n) is 6.79. The fourth-order valence-corrected chi connectivity index (χ4v) is 3.55. The van der Waals surface area contributed by atoms with Crippen molar-refractivity contribution in [2.24, 2.45) is 14.1 Å². The standard InChI is InChI=1S/C19H19N5O3/c1-22-16-14(18(26)23(2)19(22)27)5-6-15(21-16)13-7-9-24(11-13)17(25)12-4-3-8-20-10-12/h3-6,8,10,13H,7,9,11H2,1-2H3/t13-/m0/s1. The van der Waals surface area contributed by atoms with Crippen LogP contribution in [0.3, 0.4) is 0 Å². The van der Waals surface area contributed by atoms with E-state index in [1.165, 1.54) is 11.6 Å². The normalized spacial score (nSPS) is 16.8. The number of aromatic nitrogens is 4. The molecule has 0 N–H and O–H groups in total. The first-order valence-corrected chi connectivity index (χ1v) is 8.73. The van der Waals surface area contributed by atoms with Gasteiger partial charge in [0.05, 0.1) is 10.9 Å². The Hall–Kier alpha value is -3.29. The Bertz CT molecular complexity index is 1150. The van der Waals surface area contributed by atoms with Crippen molar-refractivity contribution in [3.05, 3.63) is 68.8 Å². The van der Waals surface area contributed by atoms with Crippen LogP contribution < -0.4 is 11.2 Å². The zero-order valence-corrected chi connectivity index (χ0v) is 15.1. The van der Waals surface area contributed by atoms with Crippen molar-refractivity contribution in [1.29, 1.82) is 0 Å². The second-order valence-corrected chi connectivity index (χ2v) is 6.79. The predicted octanol–water partition coefficient (Wildman–Crippen LogP) is 0.657. The number of rotatable bonds is 2. The molecule has 1 atom stereocenters. The molecular weight excluding hydrogens is 346 g/mol. The average molecular weight is 365 g/mol. The molecule has 1 saturated heterocycles. The van der Waals surface area contributed by atoms with Crippen LogP contribution in [0, 0.1) is 0 Å². The lowest BCUT2D eigenvalue weighted by atomic mass is 10.0. The van der Waals surface area contributed by atoms with Crippen molar-refractivity contribution < 1.29 is 4.79 Å². The number of hydrogen-bond donors (Lipinski definition) is 0. The van der Waals surface area contributed by atoms with Gasteiger partial charge in [-0.1, -0.05) is 0 Å². The molecule has 1 aliphatic rings. The van der Waals surface area contributed by atoms with Gasteiger partial charge in [0.2, 0.25) is 0 Å². The number of aryl methyl sites for hydroxylation is 1. The molecule has 1 amide bonds. The Labute approximate surface area is 154 Å². The molecule has 1 fully saturated rings. The van der Waals surface area contributed by atoms with Gasteiger partial charge in [-0.25, -0.2) is 9.78 Å². The maximum atomic E-state index is 12.6. The zero-order chi connectivity index (χ0) is 19.1. The molecule has 0 radical (unpaired) electrons. The third kappa shape index (κ3) is 2.83. The minimum Gasteiger partial charge on any atom is -0.338 e. The molecule has 1 aliphatic heterocycles.